The lowest BCUT2D eigenvalue weighted by atomic mass is 10.1. The van der Waals surface area contributed by atoms with E-state index >= 15 is 0 Å². The van der Waals surface area contributed by atoms with Gasteiger partial charge in [0.05, 0.1) is 10.2 Å². The summed E-state index contributed by atoms with van der Waals surface area (Å²) >= 11 is 1.30. The largest absolute Gasteiger partial charge is 0.486 e. The smallest absolute Gasteiger partial charge is 0.272 e. The van der Waals surface area contributed by atoms with Crippen LogP contribution in [0.25, 0.3) is 6.08 Å². The first-order valence-electron chi connectivity index (χ1n) is 13.9. The minimum absolute atomic E-state index is 0.0667. The molecule has 1 unspecified atom stereocenters. The van der Waals surface area contributed by atoms with Crippen molar-refractivity contribution in [2.75, 3.05) is 23.8 Å². The Bertz CT molecular complexity index is 1760. The average Bonchev–Trinajstić information content (AvgIpc) is 3.05. The van der Waals surface area contributed by atoms with Crippen molar-refractivity contribution in [3.8, 4) is 11.5 Å². The summed E-state index contributed by atoms with van der Waals surface area (Å²) in [6.07, 6.45) is 1.43. The number of hydrogen-bond acceptors (Lipinski definition) is 8. The Morgan fingerprint density at radius 3 is 2.29 bits per heavy atom. The van der Waals surface area contributed by atoms with E-state index in [-0.39, 0.29) is 17.3 Å². The highest BCUT2D eigenvalue weighted by Gasteiger charge is 2.19. The monoisotopic (exact) mass is 624 g/mol. The van der Waals surface area contributed by atoms with E-state index in [2.05, 4.69) is 16.0 Å². The second kappa shape index (κ2) is 14.2. The van der Waals surface area contributed by atoms with Crippen LogP contribution in [0, 0.1) is 10.1 Å². The molecule has 4 aromatic rings. The zero-order valence-corrected chi connectivity index (χ0v) is 24.8. The zero-order chi connectivity index (χ0) is 31.8. The first-order valence-corrected chi connectivity index (χ1v) is 14.7. The predicted molar refractivity (Wildman–Crippen MR) is 171 cm³/mol. The molecule has 0 fully saturated rings. The van der Waals surface area contributed by atoms with Crippen LogP contribution in [-0.4, -0.2) is 41.1 Å². The topological polar surface area (TPSA) is 149 Å². The highest BCUT2D eigenvalue weighted by atomic mass is 32.2. The molecule has 11 nitrogen and oxygen atoms in total. The Morgan fingerprint density at radius 2 is 1.56 bits per heavy atom. The molecule has 45 heavy (non-hydrogen) atoms. The van der Waals surface area contributed by atoms with Crippen molar-refractivity contribution in [2.24, 2.45) is 0 Å². The molecule has 3 N–H and O–H groups in total. The number of nitrogens with one attached hydrogen (secondary N) is 3. The van der Waals surface area contributed by atoms with Crippen LogP contribution < -0.4 is 25.4 Å². The second-order valence-electron chi connectivity index (χ2n) is 9.82. The lowest BCUT2D eigenvalue weighted by molar-refractivity contribution is -0.384. The number of nitro groups is 1. The molecule has 3 amide bonds. The van der Waals surface area contributed by atoms with Crippen LogP contribution in [0.2, 0.25) is 0 Å². The van der Waals surface area contributed by atoms with Crippen LogP contribution in [0.3, 0.4) is 0 Å². The van der Waals surface area contributed by atoms with Crippen molar-refractivity contribution in [1.29, 1.82) is 0 Å². The maximum atomic E-state index is 13.4. The summed E-state index contributed by atoms with van der Waals surface area (Å²) in [6.45, 7) is 2.69. The third-order valence-electron chi connectivity index (χ3n) is 6.53. The lowest BCUT2D eigenvalue weighted by Gasteiger charge is -2.19. The van der Waals surface area contributed by atoms with Gasteiger partial charge in [0.25, 0.3) is 17.5 Å². The zero-order valence-electron chi connectivity index (χ0n) is 24.0. The minimum Gasteiger partial charge on any atom is -0.486 e. The summed E-state index contributed by atoms with van der Waals surface area (Å²) in [5, 5.41) is 18.9. The second-order valence-corrected chi connectivity index (χ2v) is 11.2. The first-order chi connectivity index (χ1) is 21.7. The van der Waals surface area contributed by atoms with Gasteiger partial charge in [-0.15, -0.1) is 11.8 Å². The van der Waals surface area contributed by atoms with Crippen LogP contribution in [0.1, 0.15) is 22.8 Å². The molecule has 1 heterocycles. The van der Waals surface area contributed by atoms with Gasteiger partial charge in [0.2, 0.25) is 5.91 Å². The van der Waals surface area contributed by atoms with Gasteiger partial charge in [0, 0.05) is 40.0 Å². The van der Waals surface area contributed by atoms with Gasteiger partial charge in [0.15, 0.2) is 11.5 Å². The van der Waals surface area contributed by atoms with Crippen molar-refractivity contribution in [3.63, 3.8) is 0 Å². The molecule has 1 aliphatic heterocycles. The Morgan fingerprint density at radius 1 is 0.844 bits per heavy atom. The van der Waals surface area contributed by atoms with Gasteiger partial charge in [-0.25, -0.2) is 0 Å². The van der Waals surface area contributed by atoms with Crippen molar-refractivity contribution < 1.29 is 28.8 Å². The number of hydrogen-bond donors (Lipinski definition) is 3. The fraction of sp³-hybridized carbons (Fsp3) is 0.121. The molecule has 0 aromatic heterocycles. The molecule has 0 radical (unpaired) electrons. The van der Waals surface area contributed by atoms with Crippen LogP contribution >= 0.6 is 11.8 Å². The molecule has 228 valence electrons. The molecule has 0 saturated carbocycles. The fourth-order valence-corrected chi connectivity index (χ4v) is 5.20. The van der Waals surface area contributed by atoms with Crippen LogP contribution in [0.5, 0.6) is 11.5 Å². The molecular weight excluding hydrogens is 596 g/mol. The predicted octanol–water partition coefficient (Wildman–Crippen LogP) is 5.89. The Kier molecular flexibility index (Phi) is 9.75. The number of nitrogens with zero attached hydrogens (tertiary/aromatic N) is 1. The van der Waals surface area contributed by atoms with Crippen LogP contribution in [-0.2, 0) is 9.59 Å². The molecule has 0 aliphatic carbocycles. The Hall–Kier alpha value is -5.62. The van der Waals surface area contributed by atoms with Crippen molar-refractivity contribution in [3.05, 3.63) is 124 Å². The Labute approximate surface area is 262 Å². The number of carbonyl (C=O) groups excluding carboxylic acids is 3. The van der Waals surface area contributed by atoms with E-state index in [0.29, 0.717) is 47.2 Å². The van der Waals surface area contributed by atoms with E-state index in [1.807, 2.05) is 6.07 Å². The van der Waals surface area contributed by atoms with Gasteiger partial charge in [-0.3, -0.25) is 24.5 Å². The molecule has 5 rings (SSSR count). The average molecular weight is 625 g/mol. The van der Waals surface area contributed by atoms with Crippen LogP contribution in [0.4, 0.5) is 17.1 Å². The van der Waals surface area contributed by atoms with E-state index in [9.17, 15) is 24.5 Å². The van der Waals surface area contributed by atoms with Gasteiger partial charge in [-0.05, 0) is 73.2 Å². The number of fused-ring (bicyclic) bond motifs is 1. The molecule has 0 saturated heterocycles. The van der Waals surface area contributed by atoms with Crippen molar-refractivity contribution >= 4 is 52.6 Å². The summed E-state index contributed by atoms with van der Waals surface area (Å²) in [6, 6.07) is 26.2. The van der Waals surface area contributed by atoms with E-state index in [4.69, 9.17) is 9.47 Å². The highest BCUT2D eigenvalue weighted by Crippen LogP contribution is 2.33. The number of ether oxygens (including phenoxy) is 2. The molecule has 0 spiro atoms. The summed E-state index contributed by atoms with van der Waals surface area (Å²) < 4.78 is 11.1. The summed E-state index contributed by atoms with van der Waals surface area (Å²) in [4.78, 5) is 50.5. The first kappa shape index (κ1) is 30.8. The molecule has 0 bridgehead atoms. The highest BCUT2D eigenvalue weighted by molar-refractivity contribution is 8.00. The van der Waals surface area contributed by atoms with Gasteiger partial charge in [-0.1, -0.05) is 24.3 Å². The lowest BCUT2D eigenvalue weighted by Crippen LogP contribution is -2.30. The third kappa shape index (κ3) is 8.27. The van der Waals surface area contributed by atoms with Crippen molar-refractivity contribution in [2.45, 2.75) is 17.1 Å². The van der Waals surface area contributed by atoms with Gasteiger partial charge in [-0.2, -0.15) is 0 Å². The number of amides is 3. The van der Waals surface area contributed by atoms with E-state index < -0.39 is 22.0 Å². The summed E-state index contributed by atoms with van der Waals surface area (Å²) in [5.74, 6) is -0.121. The number of benzene rings is 4. The number of rotatable bonds is 10. The number of nitro benzene ring substituents is 1. The van der Waals surface area contributed by atoms with Crippen LogP contribution in [0.15, 0.2) is 108 Å². The summed E-state index contributed by atoms with van der Waals surface area (Å²) in [5.41, 5.74) is 1.68. The fourth-order valence-electron chi connectivity index (χ4n) is 4.27. The van der Waals surface area contributed by atoms with E-state index in [0.717, 1.165) is 4.90 Å². The number of non-ortho nitro benzene ring substituents is 1. The number of thioether (sulfide) groups is 1. The maximum Gasteiger partial charge on any atom is 0.272 e. The quantitative estimate of drug-likeness (QED) is 0.0856. The van der Waals surface area contributed by atoms with Gasteiger partial charge < -0.3 is 25.4 Å². The Balaban J connectivity index is 1.28. The molecule has 1 aliphatic rings. The van der Waals surface area contributed by atoms with Gasteiger partial charge in [0.1, 0.15) is 18.9 Å². The maximum absolute atomic E-state index is 13.4. The normalized spacial score (nSPS) is 12.9. The molecular formula is C33H28N4O7S. The molecule has 1 atom stereocenters. The van der Waals surface area contributed by atoms with E-state index in [1.54, 1.807) is 73.7 Å². The number of carbonyl (C=O) groups is 3. The standard InChI is InChI=1S/C33H28N4O7S/c1-21(31(38)34-25-12-15-29-30(20-25)44-17-16-43-29)45-27-9-5-8-24(19-27)35-33(40)28(36-32(39)23-6-3-2-4-7-23)18-22-10-13-26(14-11-22)37(41)42/h2-15,18-21H,16-17H2,1H3,(H,34,38)(H,35,40)(H,36,39)/b28-18+. The third-order valence-corrected chi connectivity index (χ3v) is 7.62. The molecule has 4 aromatic carbocycles. The van der Waals surface area contributed by atoms with Gasteiger partial charge >= 0.3 is 0 Å². The number of anilines is 2. The van der Waals surface area contributed by atoms with Crippen molar-refractivity contribution in [1.82, 2.24) is 5.32 Å². The molecule has 12 heteroatoms. The van der Waals surface area contributed by atoms with E-state index in [1.165, 1.54) is 42.1 Å². The minimum atomic E-state index is -0.607. The summed E-state index contributed by atoms with van der Waals surface area (Å²) in [7, 11) is 0. The SMILES string of the molecule is CC(Sc1cccc(NC(=O)/C(=C\c2ccc([N+](=O)[O-])cc2)NC(=O)c2ccccc2)c1)C(=O)Nc1ccc2c(c1)OCCO2.